The lowest BCUT2D eigenvalue weighted by Crippen LogP contribution is -2.45. The number of alkyl halides is 3. The van der Waals surface area contributed by atoms with Gasteiger partial charge < -0.3 is 19.2 Å². The van der Waals surface area contributed by atoms with Crippen LogP contribution in [-0.2, 0) is 9.59 Å². The van der Waals surface area contributed by atoms with Crippen LogP contribution in [0.1, 0.15) is 36.1 Å². The molecule has 1 aliphatic heterocycles. The summed E-state index contributed by atoms with van der Waals surface area (Å²) < 4.78 is 58.2. The predicted octanol–water partition coefficient (Wildman–Crippen LogP) is 5.76. The van der Waals surface area contributed by atoms with E-state index >= 15 is 0 Å². The summed E-state index contributed by atoms with van der Waals surface area (Å²) in [7, 11) is 2.83. The number of rotatable bonds is 4. The Bertz CT molecular complexity index is 1380. The van der Waals surface area contributed by atoms with Gasteiger partial charge in [0.1, 0.15) is 5.76 Å². The molecule has 0 unspecified atom stereocenters. The average Bonchev–Trinajstić information content (AvgIpc) is 3.37. The van der Waals surface area contributed by atoms with Gasteiger partial charge in [0.15, 0.2) is 17.3 Å². The molecule has 0 fully saturated rings. The summed E-state index contributed by atoms with van der Waals surface area (Å²) in [6.07, 6.45) is -3.36. The van der Waals surface area contributed by atoms with Crippen molar-refractivity contribution in [2.45, 2.75) is 31.0 Å². The van der Waals surface area contributed by atoms with E-state index in [2.05, 4.69) is 5.32 Å². The fraction of sp³-hybridized carbons (Fsp3) is 0.259. The predicted molar refractivity (Wildman–Crippen MR) is 129 cm³/mol. The van der Waals surface area contributed by atoms with Gasteiger partial charge in [-0.05, 0) is 48.4 Å². The van der Waals surface area contributed by atoms with Crippen LogP contribution >= 0.6 is 0 Å². The van der Waals surface area contributed by atoms with E-state index in [-0.39, 0.29) is 46.4 Å². The molecule has 2 aliphatic rings. The summed E-state index contributed by atoms with van der Waals surface area (Å²) >= 11 is 0. The number of hydrogen-bond donors (Lipinski definition) is 1. The van der Waals surface area contributed by atoms with E-state index in [1.807, 2.05) is 0 Å². The molecule has 0 saturated heterocycles. The van der Waals surface area contributed by atoms with Crippen molar-refractivity contribution in [1.29, 1.82) is 0 Å². The number of anilines is 2. The number of carbonyl (C=O) groups excluding carboxylic acids is 2. The number of Topliss-reactive ketones (excluding diaryl/α,β-unsaturated/α-hetero) is 1. The third kappa shape index (κ3) is 4.32. The first-order valence-corrected chi connectivity index (χ1v) is 11.5. The van der Waals surface area contributed by atoms with E-state index in [1.54, 1.807) is 30.3 Å². The minimum absolute atomic E-state index is 0.00126. The van der Waals surface area contributed by atoms with Crippen LogP contribution in [0.4, 0.5) is 24.5 Å². The molecule has 192 valence electrons. The standard InChI is InChI=1S/C27H23F3N2O5/c1-35-22-10-9-15(14-23(22)36-2)25-24-18(12-16(13-20(24)33)21-8-5-11-37-21)31-17-6-3-4-7-19(17)32(25)26(34)27(28,29)30/h3-11,14,16,25,31H,12-13H2,1-2H3/t16-,25-/m1/s1. The van der Waals surface area contributed by atoms with Gasteiger partial charge in [0, 0.05) is 23.6 Å². The van der Waals surface area contributed by atoms with Crippen molar-refractivity contribution < 1.29 is 36.7 Å². The van der Waals surface area contributed by atoms with Crippen molar-refractivity contribution in [2.75, 3.05) is 24.4 Å². The van der Waals surface area contributed by atoms with Crippen LogP contribution < -0.4 is 19.7 Å². The summed E-state index contributed by atoms with van der Waals surface area (Å²) in [5.74, 6) is -1.57. The first kappa shape index (κ1) is 24.5. The Morgan fingerprint density at radius 3 is 2.46 bits per heavy atom. The van der Waals surface area contributed by atoms with Crippen LogP contribution in [0.25, 0.3) is 0 Å². The number of halogens is 3. The Labute approximate surface area is 210 Å². The Kier molecular flexibility index (Phi) is 6.18. The Balaban J connectivity index is 1.76. The molecule has 10 heteroatoms. The summed E-state index contributed by atoms with van der Waals surface area (Å²) in [6, 6.07) is 12.9. The number of nitrogens with zero attached hydrogens (tertiary/aromatic N) is 1. The highest BCUT2D eigenvalue weighted by Crippen LogP contribution is 2.49. The number of hydrogen-bond acceptors (Lipinski definition) is 6. The molecule has 1 aromatic heterocycles. The molecule has 37 heavy (non-hydrogen) atoms. The number of nitrogens with one attached hydrogen (secondary N) is 1. The molecular weight excluding hydrogens is 489 g/mol. The topological polar surface area (TPSA) is 81.0 Å². The molecule has 1 amide bonds. The highest BCUT2D eigenvalue weighted by molar-refractivity contribution is 6.07. The van der Waals surface area contributed by atoms with Gasteiger partial charge >= 0.3 is 12.1 Å². The Morgan fingerprint density at radius 1 is 1.03 bits per heavy atom. The van der Waals surface area contributed by atoms with Crippen molar-refractivity contribution in [3.05, 3.63) is 83.5 Å². The fourth-order valence-electron chi connectivity index (χ4n) is 5.01. The maximum absolute atomic E-state index is 14.0. The van der Waals surface area contributed by atoms with Crippen molar-refractivity contribution in [3.63, 3.8) is 0 Å². The molecule has 1 aliphatic carbocycles. The number of furan rings is 1. The van der Waals surface area contributed by atoms with E-state index < -0.39 is 18.1 Å². The van der Waals surface area contributed by atoms with Crippen LogP contribution in [0.3, 0.4) is 0 Å². The van der Waals surface area contributed by atoms with Gasteiger partial charge in [-0.15, -0.1) is 0 Å². The van der Waals surface area contributed by atoms with Crippen LogP contribution in [0, 0.1) is 0 Å². The van der Waals surface area contributed by atoms with Gasteiger partial charge in [-0.2, -0.15) is 13.2 Å². The smallest absolute Gasteiger partial charge is 0.471 e. The molecule has 0 radical (unpaired) electrons. The van der Waals surface area contributed by atoms with Gasteiger partial charge in [-0.25, -0.2) is 0 Å². The Morgan fingerprint density at radius 2 is 1.78 bits per heavy atom. The molecule has 7 nitrogen and oxygen atoms in total. The number of ketones is 1. The monoisotopic (exact) mass is 512 g/mol. The van der Waals surface area contributed by atoms with Gasteiger partial charge in [0.2, 0.25) is 0 Å². The highest BCUT2D eigenvalue weighted by Gasteiger charge is 2.50. The summed E-state index contributed by atoms with van der Waals surface area (Å²) in [4.78, 5) is 27.3. The molecule has 0 bridgehead atoms. The van der Waals surface area contributed by atoms with E-state index in [4.69, 9.17) is 13.9 Å². The molecule has 3 aromatic rings. The van der Waals surface area contributed by atoms with E-state index in [0.717, 1.165) is 0 Å². The fourth-order valence-corrected chi connectivity index (χ4v) is 5.01. The van der Waals surface area contributed by atoms with Crippen molar-refractivity contribution in [3.8, 4) is 11.5 Å². The van der Waals surface area contributed by atoms with E-state index in [9.17, 15) is 22.8 Å². The first-order valence-electron chi connectivity index (χ1n) is 11.5. The lowest BCUT2D eigenvalue weighted by Gasteiger charge is -2.35. The number of allylic oxidation sites excluding steroid dienone is 1. The van der Waals surface area contributed by atoms with Gasteiger partial charge in [-0.3, -0.25) is 14.5 Å². The SMILES string of the molecule is COc1ccc([C@@H]2C3=C(C[C@@H](c4ccco4)CC3=O)Nc3ccccc3N2C(=O)C(F)(F)F)cc1OC. The summed E-state index contributed by atoms with van der Waals surface area (Å²) in [6.45, 7) is 0. The van der Waals surface area contributed by atoms with Crippen LogP contribution in [0.5, 0.6) is 11.5 Å². The number of ether oxygens (including phenoxy) is 2. The molecule has 0 saturated carbocycles. The van der Waals surface area contributed by atoms with Gasteiger partial charge in [0.05, 0.1) is 37.9 Å². The quantitative estimate of drug-likeness (QED) is 0.479. The number of fused-ring (bicyclic) bond motifs is 1. The zero-order valence-corrected chi connectivity index (χ0v) is 20.0. The van der Waals surface area contributed by atoms with E-state index in [1.165, 1.54) is 44.7 Å². The largest absolute Gasteiger partial charge is 0.493 e. The Hall–Kier alpha value is -4.21. The van der Waals surface area contributed by atoms with Crippen molar-refractivity contribution in [1.82, 2.24) is 0 Å². The third-order valence-electron chi connectivity index (χ3n) is 6.62. The second-order valence-electron chi connectivity index (χ2n) is 8.77. The first-order chi connectivity index (χ1) is 17.7. The van der Waals surface area contributed by atoms with Crippen molar-refractivity contribution >= 4 is 23.1 Å². The number of carbonyl (C=O) groups is 2. The minimum Gasteiger partial charge on any atom is -0.493 e. The van der Waals surface area contributed by atoms with Gasteiger partial charge in [0.25, 0.3) is 0 Å². The lowest BCUT2D eigenvalue weighted by molar-refractivity contribution is -0.170. The van der Waals surface area contributed by atoms with Crippen LogP contribution in [0.2, 0.25) is 0 Å². The highest BCUT2D eigenvalue weighted by atomic mass is 19.4. The van der Waals surface area contributed by atoms with E-state index in [0.29, 0.717) is 28.5 Å². The van der Waals surface area contributed by atoms with Crippen LogP contribution in [-0.4, -0.2) is 32.1 Å². The zero-order valence-electron chi connectivity index (χ0n) is 20.0. The second kappa shape index (κ2) is 9.34. The second-order valence-corrected chi connectivity index (χ2v) is 8.77. The molecule has 5 rings (SSSR count). The number of amides is 1. The maximum Gasteiger partial charge on any atom is 0.471 e. The molecular formula is C27H23F3N2O5. The molecule has 2 atom stereocenters. The molecule has 2 aromatic carbocycles. The summed E-state index contributed by atoms with van der Waals surface area (Å²) in [5, 5.41) is 3.17. The third-order valence-corrected chi connectivity index (χ3v) is 6.62. The van der Waals surface area contributed by atoms with Crippen molar-refractivity contribution in [2.24, 2.45) is 0 Å². The maximum atomic E-state index is 14.0. The molecule has 0 spiro atoms. The zero-order chi connectivity index (χ0) is 26.3. The average molecular weight is 512 g/mol. The normalized spacial score (nSPS) is 19.5. The summed E-state index contributed by atoms with van der Waals surface area (Å²) in [5.41, 5.74) is 1.07. The molecule has 1 N–H and O–H groups in total. The molecule has 2 heterocycles. The number of para-hydroxylation sites is 2. The minimum atomic E-state index is -5.19. The number of methoxy groups -OCH3 is 2. The van der Waals surface area contributed by atoms with Crippen LogP contribution in [0.15, 0.2) is 76.5 Å². The van der Waals surface area contributed by atoms with Gasteiger partial charge in [-0.1, -0.05) is 18.2 Å². The number of benzene rings is 2. The lowest BCUT2D eigenvalue weighted by atomic mass is 9.80.